The summed E-state index contributed by atoms with van der Waals surface area (Å²) in [6.07, 6.45) is 1.85. The number of rotatable bonds is 3. The number of hydrogen-bond acceptors (Lipinski definition) is 5. The maximum Gasteiger partial charge on any atom is 0.229 e. The van der Waals surface area contributed by atoms with E-state index in [0.29, 0.717) is 31.2 Å². The summed E-state index contributed by atoms with van der Waals surface area (Å²) in [5.41, 5.74) is -0.836. The van der Waals surface area contributed by atoms with Gasteiger partial charge in [0.05, 0.1) is 24.7 Å². The molecule has 0 amide bonds. The van der Waals surface area contributed by atoms with Crippen LogP contribution in [0.5, 0.6) is 0 Å². The van der Waals surface area contributed by atoms with Gasteiger partial charge in [-0.05, 0) is 6.92 Å². The van der Waals surface area contributed by atoms with Crippen molar-refractivity contribution in [1.29, 1.82) is 0 Å². The molecule has 2 atom stereocenters. The Hall–Kier alpha value is -0.940. The Balaban J connectivity index is 2.02. The van der Waals surface area contributed by atoms with Gasteiger partial charge in [0.15, 0.2) is 5.82 Å². The second-order valence-electron chi connectivity index (χ2n) is 4.18. The van der Waals surface area contributed by atoms with Crippen molar-refractivity contribution in [2.75, 3.05) is 6.61 Å². The van der Waals surface area contributed by atoms with Crippen molar-refractivity contribution in [3.63, 3.8) is 0 Å². The molecule has 5 heteroatoms. The molecule has 1 fully saturated rings. The molecule has 1 N–H and O–H groups in total. The fourth-order valence-corrected chi connectivity index (χ4v) is 1.86. The molecule has 1 aromatic rings. The van der Waals surface area contributed by atoms with E-state index in [0.717, 1.165) is 6.42 Å². The van der Waals surface area contributed by atoms with Crippen LogP contribution in [-0.2, 0) is 17.6 Å². The summed E-state index contributed by atoms with van der Waals surface area (Å²) in [5.74, 6) is 1.17. The van der Waals surface area contributed by atoms with Crippen LogP contribution in [0.1, 0.15) is 32.0 Å². The summed E-state index contributed by atoms with van der Waals surface area (Å²) in [6.45, 7) is 4.26. The molecule has 0 aliphatic carbocycles. The third-order valence-corrected chi connectivity index (χ3v) is 2.61. The molecule has 0 unspecified atom stereocenters. The molecule has 1 saturated heterocycles. The minimum absolute atomic E-state index is 0.101. The lowest BCUT2D eigenvalue weighted by atomic mass is 9.97. The first-order valence-electron chi connectivity index (χ1n) is 5.27. The molecule has 1 aromatic heterocycles. The standard InChI is InChI=1S/C10H16N2O3/c1-3-8-11-9(15-12-8)5-10(13)4-7(2)14-6-10/h7,13H,3-6H2,1-2H3/t7-,10-/m1/s1. The Bertz CT molecular complexity index is 339. The second-order valence-corrected chi connectivity index (χ2v) is 4.18. The maximum absolute atomic E-state index is 10.1. The highest BCUT2D eigenvalue weighted by molar-refractivity contribution is 4.96. The highest BCUT2D eigenvalue weighted by atomic mass is 16.5. The molecule has 0 aromatic carbocycles. The van der Waals surface area contributed by atoms with Crippen LogP contribution in [0.2, 0.25) is 0 Å². The van der Waals surface area contributed by atoms with Crippen LogP contribution >= 0.6 is 0 Å². The molecule has 0 bridgehead atoms. The van der Waals surface area contributed by atoms with E-state index in [1.807, 2.05) is 13.8 Å². The Labute approximate surface area is 88.4 Å². The fraction of sp³-hybridized carbons (Fsp3) is 0.800. The Morgan fingerprint density at radius 1 is 1.60 bits per heavy atom. The van der Waals surface area contributed by atoms with Gasteiger partial charge in [-0.15, -0.1) is 0 Å². The van der Waals surface area contributed by atoms with Gasteiger partial charge in [-0.25, -0.2) is 0 Å². The smallest absolute Gasteiger partial charge is 0.229 e. The summed E-state index contributed by atoms with van der Waals surface area (Å²) in [6, 6.07) is 0. The van der Waals surface area contributed by atoms with Crippen LogP contribution in [0.4, 0.5) is 0 Å². The van der Waals surface area contributed by atoms with Crippen LogP contribution in [-0.4, -0.2) is 33.6 Å². The van der Waals surface area contributed by atoms with E-state index in [9.17, 15) is 5.11 Å². The molecule has 5 nitrogen and oxygen atoms in total. The largest absolute Gasteiger partial charge is 0.387 e. The minimum Gasteiger partial charge on any atom is -0.387 e. The predicted molar refractivity (Wildman–Crippen MR) is 52.4 cm³/mol. The third kappa shape index (κ3) is 2.35. The van der Waals surface area contributed by atoms with E-state index in [2.05, 4.69) is 10.1 Å². The summed E-state index contributed by atoms with van der Waals surface area (Å²) >= 11 is 0. The zero-order chi connectivity index (χ0) is 10.9. The average molecular weight is 212 g/mol. The van der Waals surface area contributed by atoms with Crippen LogP contribution in [0, 0.1) is 0 Å². The summed E-state index contributed by atoms with van der Waals surface area (Å²) in [5, 5.41) is 13.9. The molecular formula is C10H16N2O3. The van der Waals surface area contributed by atoms with E-state index >= 15 is 0 Å². The lowest BCUT2D eigenvalue weighted by molar-refractivity contribution is 0.0173. The lowest BCUT2D eigenvalue weighted by Gasteiger charge is -2.17. The van der Waals surface area contributed by atoms with Crippen LogP contribution in [0.15, 0.2) is 4.52 Å². The maximum atomic E-state index is 10.1. The van der Waals surface area contributed by atoms with Crippen molar-refractivity contribution in [3.05, 3.63) is 11.7 Å². The first kappa shape index (κ1) is 10.6. The minimum atomic E-state index is -0.836. The molecular weight excluding hydrogens is 196 g/mol. The zero-order valence-electron chi connectivity index (χ0n) is 9.06. The van der Waals surface area contributed by atoms with Gasteiger partial charge >= 0.3 is 0 Å². The number of hydrogen-bond donors (Lipinski definition) is 1. The van der Waals surface area contributed by atoms with E-state index in [1.54, 1.807) is 0 Å². The van der Waals surface area contributed by atoms with Gasteiger partial charge in [-0.2, -0.15) is 4.98 Å². The highest BCUT2D eigenvalue weighted by Gasteiger charge is 2.38. The predicted octanol–water partition coefficient (Wildman–Crippen LogP) is 0.714. The van der Waals surface area contributed by atoms with Gasteiger partial charge in [0.1, 0.15) is 0 Å². The molecule has 0 saturated carbocycles. The number of ether oxygens (including phenoxy) is 1. The van der Waals surface area contributed by atoms with Gasteiger partial charge in [0, 0.05) is 12.8 Å². The summed E-state index contributed by atoms with van der Waals surface area (Å²) < 4.78 is 10.4. The monoisotopic (exact) mass is 212 g/mol. The molecule has 1 aliphatic rings. The topological polar surface area (TPSA) is 68.4 Å². The van der Waals surface area contributed by atoms with Gasteiger partial charge in [-0.3, -0.25) is 0 Å². The molecule has 1 aliphatic heterocycles. The number of nitrogens with zero attached hydrogens (tertiary/aromatic N) is 2. The molecule has 15 heavy (non-hydrogen) atoms. The SMILES string of the molecule is CCc1noc(C[C@@]2(O)CO[C@H](C)C2)n1. The van der Waals surface area contributed by atoms with Crippen molar-refractivity contribution in [1.82, 2.24) is 10.1 Å². The van der Waals surface area contributed by atoms with Crippen molar-refractivity contribution in [2.45, 2.75) is 44.8 Å². The Morgan fingerprint density at radius 2 is 2.40 bits per heavy atom. The number of aryl methyl sites for hydroxylation is 1. The first-order chi connectivity index (χ1) is 7.11. The van der Waals surface area contributed by atoms with Gasteiger partial charge in [0.2, 0.25) is 5.89 Å². The summed E-state index contributed by atoms with van der Waals surface area (Å²) in [4.78, 5) is 4.17. The lowest BCUT2D eigenvalue weighted by Crippen LogP contribution is -2.32. The molecule has 0 spiro atoms. The van der Waals surface area contributed by atoms with E-state index in [4.69, 9.17) is 9.26 Å². The van der Waals surface area contributed by atoms with E-state index in [1.165, 1.54) is 0 Å². The summed E-state index contributed by atoms with van der Waals surface area (Å²) in [7, 11) is 0. The first-order valence-corrected chi connectivity index (χ1v) is 5.27. The van der Waals surface area contributed by atoms with Crippen molar-refractivity contribution in [2.24, 2.45) is 0 Å². The fourth-order valence-electron chi connectivity index (χ4n) is 1.86. The molecule has 2 rings (SSSR count). The van der Waals surface area contributed by atoms with Crippen LogP contribution < -0.4 is 0 Å². The normalized spacial score (nSPS) is 31.0. The van der Waals surface area contributed by atoms with Gasteiger partial charge in [-0.1, -0.05) is 12.1 Å². The molecule has 84 valence electrons. The van der Waals surface area contributed by atoms with Crippen molar-refractivity contribution in [3.8, 4) is 0 Å². The van der Waals surface area contributed by atoms with E-state index < -0.39 is 5.60 Å². The second kappa shape index (κ2) is 3.90. The molecule has 0 radical (unpaired) electrons. The average Bonchev–Trinajstić information content (AvgIpc) is 2.74. The Morgan fingerprint density at radius 3 is 2.93 bits per heavy atom. The molecule has 2 heterocycles. The quantitative estimate of drug-likeness (QED) is 0.799. The third-order valence-electron chi connectivity index (χ3n) is 2.61. The van der Waals surface area contributed by atoms with Crippen LogP contribution in [0.25, 0.3) is 0 Å². The van der Waals surface area contributed by atoms with Crippen LogP contribution in [0.3, 0.4) is 0 Å². The van der Waals surface area contributed by atoms with Gasteiger partial charge in [0.25, 0.3) is 0 Å². The number of aromatic nitrogens is 2. The van der Waals surface area contributed by atoms with Crippen molar-refractivity contribution >= 4 is 0 Å². The highest BCUT2D eigenvalue weighted by Crippen LogP contribution is 2.26. The zero-order valence-corrected chi connectivity index (χ0v) is 9.06. The van der Waals surface area contributed by atoms with E-state index in [-0.39, 0.29) is 6.10 Å². The van der Waals surface area contributed by atoms with Gasteiger partial charge < -0.3 is 14.4 Å². The Kier molecular flexibility index (Phi) is 2.75. The van der Waals surface area contributed by atoms with Crippen molar-refractivity contribution < 1.29 is 14.4 Å². The number of aliphatic hydroxyl groups is 1.